The zero-order chi connectivity index (χ0) is 13.1. The number of aromatic nitrogens is 1. The maximum absolute atomic E-state index is 5.03. The zero-order valence-electron chi connectivity index (χ0n) is 11.8. The van der Waals surface area contributed by atoms with Gasteiger partial charge in [0.05, 0.1) is 10.9 Å². The fourth-order valence-corrected chi connectivity index (χ4v) is 5.31. The minimum Gasteiger partial charge on any atom is -0.312 e. The molecule has 0 spiro atoms. The molecule has 2 aliphatic rings. The van der Waals surface area contributed by atoms with E-state index in [1.165, 1.54) is 59.9 Å². The summed E-state index contributed by atoms with van der Waals surface area (Å²) in [7, 11) is 0. The maximum Gasteiger partial charge on any atom is 0.106 e. The van der Waals surface area contributed by atoms with Gasteiger partial charge in [0, 0.05) is 17.3 Å². The molecule has 0 amide bonds. The average molecular weight is 297 g/mol. The van der Waals surface area contributed by atoms with Crippen LogP contribution in [0, 0.1) is 0 Å². The summed E-state index contributed by atoms with van der Waals surface area (Å²) in [6.07, 6.45) is 8.06. The fourth-order valence-electron chi connectivity index (χ4n) is 2.64. The Morgan fingerprint density at radius 1 is 1.26 bits per heavy atom. The van der Waals surface area contributed by atoms with Crippen molar-refractivity contribution in [2.24, 2.45) is 0 Å². The molecular formula is C15H24N2S2. The van der Waals surface area contributed by atoms with Crippen LogP contribution in [0.1, 0.15) is 72.2 Å². The van der Waals surface area contributed by atoms with Gasteiger partial charge in [-0.2, -0.15) is 11.8 Å². The van der Waals surface area contributed by atoms with Gasteiger partial charge in [-0.1, -0.05) is 13.3 Å². The minimum absolute atomic E-state index is 0.691. The van der Waals surface area contributed by atoms with Crippen molar-refractivity contribution in [3.8, 4) is 0 Å². The second kappa shape index (κ2) is 6.59. The van der Waals surface area contributed by atoms with Gasteiger partial charge in [-0.05, 0) is 44.4 Å². The standard InChI is InChI=1S/C15H24N2S2/c1-2-8-16-10-13-14(11-6-7-11)17-15(19-13)12-5-3-4-9-18-12/h11-12,16H,2-10H2,1H3. The first-order valence-electron chi connectivity index (χ1n) is 7.70. The number of thioether (sulfide) groups is 1. The van der Waals surface area contributed by atoms with Gasteiger partial charge in [-0.15, -0.1) is 11.3 Å². The molecule has 2 fully saturated rings. The van der Waals surface area contributed by atoms with Crippen LogP contribution in [0.4, 0.5) is 0 Å². The first-order chi connectivity index (χ1) is 9.38. The van der Waals surface area contributed by atoms with Gasteiger partial charge in [0.1, 0.15) is 5.01 Å². The molecule has 1 aromatic heterocycles. The summed E-state index contributed by atoms with van der Waals surface area (Å²) >= 11 is 4.12. The lowest BCUT2D eigenvalue weighted by Crippen LogP contribution is -2.13. The first-order valence-corrected chi connectivity index (χ1v) is 9.56. The molecule has 106 valence electrons. The van der Waals surface area contributed by atoms with Crippen molar-refractivity contribution in [1.29, 1.82) is 0 Å². The number of thiazole rings is 1. The number of hydrogen-bond donors (Lipinski definition) is 1. The maximum atomic E-state index is 5.03. The molecule has 1 unspecified atom stereocenters. The second-order valence-electron chi connectivity index (χ2n) is 5.67. The average Bonchev–Trinajstić information content (AvgIpc) is 3.21. The van der Waals surface area contributed by atoms with Crippen molar-refractivity contribution < 1.29 is 0 Å². The Bertz CT molecular complexity index is 406. The first kappa shape index (κ1) is 13.9. The van der Waals surface area contributed by atoms with E-state index in [0.717, 1.165) is 19.0 Å². The quantitative estimate of drug-likeness (QED) is 0.784. The van der Waals surface area contributed by atoms with Crippen molar-refractivity contribution in [3.63, 3.8) is 0 Å². The van der Waals surface area contributed by atoms with Gasteiger partial charge < -0.3 is 5.32 Å². The number of rotatable bonds is 6. The summed E-state index contributed by atoms with van der Waals surface area (Å²) in [4.78, 5) is 6.56. The van der Waals surface area contributed by atoms with E-state index >= 15 is 0 Å². The van der Waals surface area contributed by atoms with Gasteiger partial charge in [0.15, 0.2) is 0 Å². The largest absolute Gasteiger partial charge is 0.312 e. The molecule has 19 heavy (non-hydrogen) atoms. The van der Waals surface area contributed by atoms with Crippen molar-refractivity contribution in [2.45, 2.75) is 63.2 Å². The van der Waals surface area contributed by atoms with Gasteiger partial charge in [-0.3, -0.25) is 0 Å². The van der Waals surface area contributed by atoms with E-state index in [1.54, 1.807) is 0 Å². The summed E-state index contributed by atoms with van der Waals surface area (Å²) in [5.41, 5.74) is 1.44. The zero-order valence-corrected chi connectivity index (χ0v) is 13.4. The van der Waals surface area contributed by atoms with Crippen LogP contribution >= 0.6 is 23.1 Å². The summed E-state index contributed by atoms with van der Waals surface area (Å²) in [6.45, 7) is 4.38. The second-order valence-corrected chi connectivity index (χ2v) is 8.09. The Kier molecular flexibility index (Phi) is 4.83. The van der Waals surface area contributed by atoms with E-state index in [2.05, 4.69) is 24.0 Å². The van der Waals surface area contributed by atoms with E-state index in [9.17, 15) is 0 Å². The van der Waals surface area contributed by atoms with Gasteiger partial charge in [0.2, 0.25) is 0 Å². The highest BCUT2D eigenvalue weighted by Crippen LogP contribution is 2.46. The molecule has 1 aromatic rings. The third-order valence-corrected chi connectivity index (χ3v) is 6.60. The van der Waals surface area contributed by atoms with Gasteiger partial charge >= 0.3 is 0 Å². The Morgan fingerprint density at radius 2 is 2.16 bits per heavy atom. The Balaban J connectivity index is 1.71. The molecule has 1 saturated carbocycles. The highest BCUT2D eigenvalue weighted by Gasteiger charge is 2.31. The Hall–Kier alpha value is -0.0600. The lowest BCUT2D eigenvalue weighted by Gasteiger charge is -2.18. The highest BCUT2D eigenvalue weighted by molar-refractivity contribution is 7.99. The van der Waals surface area contributed by atoms with Crippen LogP contribution < -0.4 is 5.32 Å². The molecule has 1 atom stereocenters. The summed E-state index contributed by atoms with van der Waals surface area (Å²) < 4.78 is 0. The highest BCUT2D eigenvalue weighted by atomic mass is 32.2. The van der Waals surface area contributed by atoms with Gasteiger partial charge in [-0.25, -0.2) is 4.98 Å². The topological polar surface area (TPSA) is 24.9 Å². The van der Waals surface area contributed by atoms with Crippen molar-refractivity contribution in [2.75, 3.05) is 12.3 Å². The van der Waals surface area contributed by atoms with Crippen LogP contribution in [-0.4, -0.2) is 17.3 Å². The van der Waals surface area contributed by atoms with E-state index in [0.29, 0.717) is 5.25 Å². The van der Waals surface area contributed by atoms with Crippen LogP contribution in [0.3, 0.4) is 0 Å². The lowest BCUT2D eigenvalue weighted by molar-refractivity contribution is 0.674. The Labute approximate surface area is 124 Å². The molecule has 3 rings (SSSR count). The summed E-state index contributed by atoms with van der Waals surface area (Å²) in [5, 5.41) is 5.66. The van der Waals surface area contributed by atoms with Crippen molar-refractivity contribution in [3.05, 3.63) is 15.6 Å². The predicted octanol–water partition coefficient (Wildman–Crippen LogP) is 4.48. The lowest BCUT2D eigenvalue weighted by atomic mass is 10.2. The van der Waals surface area contributed by atoms with Crippen LogP contribution in [0.5, 0.6) is 0 Å². The van der Waals surface area contributed by atoms with E-state index < -0.39 is 0 Å². The molecule has 1 saturated heterocycles. The van der Waals surface area contributed by atoms with E-state index in [1.807, 2.05) is 11.3 Å². The molecule has 0 aromatic carbocycles. The predicted molar refractivity (Wildman–Crippen MR) is 85.1 cm³/mol. The molecular weight excluding hydrogens is 272 g/mol. The minimum atomic E-state index is 0.691. The molecule has 4 heteroatoms. The molecule has 1 aliphatic heterocycles. The smallest absolute Gasteiger partial charge is 0.106 e. The van der Waals surface area contributed by atoms with Crippen LogP contribution in [0.15, 0.2) is 0 Å². The van der Waals surface area contributed by atoms with Crippen molar-refractivity contribution in [1.82, 2.24) is 10.3 Å². The van der Waals surface area contributed by atoms with Crippen molar-refractivity contribution >= 4 is 23.1 Å². The molecule has 2 nitrogen and oxygen atoms in total. The normalized spacial score (nSPS) is 23.7. The monoisotopic (exact) mass is 296 g/mol. The van der Waals surface area contributed by atoms with Crippen LogP contribution in [0.2, 0.25) is 0 Å². The molecule has 0 radical (unpaired) electrons. The van der Waals surface area contributed by atoms with E-state index in [4.69, 9.17) is 4.98 Å². The number of hydrogen-bond acceptors (Lipinski definition) is 4. The SMILES string of the molecule is CCCNCc1sc(C2CCCCS2)nc1C1CC1. The third-order valence-electron chi connectivity index (χ3n) is 3.88. The van der Waals surface area contributed by atoms with E-state index in [-0.39, 0.29) is 0 Å². The van der Waals surface area contributed by atoms with Crippen LogP contribution in [-0.2, 0) is 6.54 Å². The summed E-state index contributed by atoms with van der Waals surface area (Å²) in [5.74, 6) is 2.11. The summed E-state index contributed by atoms with van der Waals surface area (Å²) in [6, 6.07) is 0. The molecule has 1 aliphatic carbocycles. The number of nitrogens with zero attached hydrogens (tertiary/aromatic N) is 1. The molecule has 1 N–H and O–H groups in total. The van der Waals surface area contributed by atoms with Crippen LogP contribution in [0.25, 0.3) is 0 Å². The third kappa shape index (κ3) is 3.53. The molecule has 0 bridgehead atoms. The van der Waals surface area contributed by atoms with Gasteiger partial charge in [0.25, 0.3) is 0 Å². The molecule has 2 heterocycles. The fraction of sp³-hybridized carbons (Fsp3) is 0.800. The Morgan fingerprint density at radius 3 is 2.84 bits per heavy atom. The number of nitrogens with one attached hydrogen (secondary N) is 1.